The minimum Gasteiger partial charge on any atom is -0.493 e. The van der Waals surface area contributed by atoms with Crippen LogP contribution in [0.4, 0.5) is 0 Å². The lowest BCUT2D eigenvalue weighted by atomic mass is 9.94. The number of thioether (sulfide) groups is 1. The Kier molecular flexibility index (Phi) is 6.42. The maximum absolute atomic E-state index is 12.6. The third-order valence-electron chi connectivity index (χ3n) is 5.59. The van der Waals surface area contributed by atoms with Crippen LogP contribution in [0.25, 0.3) is 27.7 Å². The Bertz CT molecular complexity index is 1250. The van der Waals surface area contributed by atoms with Gasteiger partial charge >= 0.3 is 0 Å². The van der Waals surface area contributed by atoms with E-state index in [0.29, 0.717) is 11.8 Å². The molecule has 2 aromatic carbocycles. The first kappa shape index (κ1) is 22.2. The smallest absolute Gasteiger partial charge is 0.250 e. The van der Waals surface area contributed by atoms with Crippen molar-refractivity contribution in [3.63, 3.8) is 0 Å². The highest BCUT2D eigenvalue weighted by Gasteiger charge is 2.20. The zero-order valence-electron chi connectivity index (χ0n) is 19.2. The van der Waals surface area contributed by atoms with E-state index in [1.54, 1.807) is 17.8 Å². The number of fused-ring (bicyclic) bond motifs is 1. The Hall–Kier alpha value is -2.99. The fraction of sp³-hybridized carbons (Fsp3) is 0.308. The standard InChI is InChI=1S/C26H28N2O3S/c1-6-30-24-18(5)25-21(22(14-31-25)19-8-7-15(2)11-16(19)3)13-20(24)17(4)12-23(29)28-26-27-9-10-32-26/h7-8,11-14H,6,9-10H2,1-5H3,(H,27,28,29)/b17-12+. The van der Waals surface area contributed by atoms with Gasteiger partial charge in [0, 0.05) is 33.9 Å². The maximum Gasteiger partial charge on any atom is 0.250 e. The predicted octanol–water partition coefficient (Wildman–Crippen LogP) is 6.05. The third-order valence-corrected chi connectivity index (χ3v) is 6.48. The van der Waals surface area contributed by atoms with Crippen molar-refractivity contribution in [1.29, 1.82) is 0 Å². The molecule has 1 aromatic heterocycles. The molecule has 1 aliphatic heterocycles. The minimum atomic E-state index is -0.183. The van der Waals surface area contributed by atoms with Crippen molar-refractivity contribution in [2.75, 3.05) is 18.9 Å². The zero-order valence-corrected chi connectivity index (χ0v) is 20.0. The molecule has 1 N–H and O–H groups in total. The molecule has 0 aliphatic carbocycles. The first-order chi connectivity index (χ1) is 15.4. The Balaban J connectivity index is 1.82. The molecule has 6 heteroatoms. The number of hydrogen-bond acceptors (Lipinski definition) is 5. The van der Waals surface area contributed by atoms with Crippen molar-refractivity contribution in [2.45, 2.75) is 34.6 Å². The van der Waals surface area contributed by atoms with Gasteiger partial charge < -0.3 is 14.5 Å². The summed E-state index contributed by atoms with van der Waals surface area (Å²) in [5, 5.41) is 4.56. The summed E-state index contributed by atoms with van der Waals surface area (Å²) in [5.74, 6) is 1.47. The van der Waals surface area contributed by atoms with Gasteiger partial charge in [-0.15, -0.1) is 0 Å². The normalized spacial score (nSPS) is 14.0. The number of nitrogens with one attached hydrogen (secondary N) is 1. The molecule has 0 saturated heterocycles. The van der Waals surface area contributed by atoms with Gasteiger partial charge in [-0.2, -0.15) is 0 Å². The monoisotopic (exact) mass is 448 g/mol. The molecule has 1 amide bonds. The van der Waals surface area contributed by atoms with Crippen LogP contribution in [0.1, 0.15) is 36.1 Å². The molecule has 5 nitrogen and oxygen atoms in total. The van der Waals surface area contributed by atoms with Gasteiger partial charge in [0.25, 0.3) is 0 Å². The lowest BCUT2D eigenvalue weighted by Gasteiger charge is -2.15. The molecule has 1 aliphatic rings. The van der Waals surface area contributed by atoms with E-state index in [-0.39, 0.29) is 5.91 Å². The molecule has 32 heavy (non-hydrogen) atoms. The van der Waals surface area contributed by atoms with Gasteiger partial charge in [0.05, 0.1) is 19.4 Å². The number of nitrogens with zero attached hydrogens (tertiary/aromatic N) is 1. The number of ether oxygens (including phenoxy) is 1. The molecular weight excluding hydrogens is 420 g/mol. The summed E-state index contributed by atoms with van der Waals surface area (Å²) in [4.78, 5) is 16.9. The number of rotatable bonds is 5. The Morgan fingerprint density at radius 1 is 1.25 bits per heavy atom. The first-order valence-electron chi connectivity index (χ1n) is 10.8. The molecule has 0 radical (unpaired) electrons. The molecule has 4 rings (SSSR count). The number of amides is 1. The van der Waals surface area contributed by atoms with E-state index in [9.17, 15) is 4.79 Å². The van der Waals surface area contributed by atoms with Gasteiger partial charge in [0.2, 0.25) is 5.91 Å². The summed E-state index contributed by atoms with van der Waals surface area (Å²) >= 11 is 1.56. The zero-order chi connectivity index (χ0) is 22.8. The number of hydrogen-bond donors (Lipinski definition) is 1. The second kappa shape index (κ2) is 9.25. The number of carbonyl (C=O) groups is 1. The van der Waals surface area contributed by atoms with Crippen molar-refractivity contribution >= 4 is 39.4 Å². The van der Waals surface area contributed by atoms with E-state index in [2.05, 4.69) is 48.4 Å². The summed E-state index contributed by atoms with van der Waals surface area (Å²) in [6, 6.07) is 8.50. The molecule has 166 valence electrons. The van der Waals surface area contributed by atoms with E-state index in [4.69, 9.17) is 9.15 Å². The summed E-state index contributed by atoms with van der Waals surface area (Å²) < 4.78 is 12.0. The SMILES string of the molecule is CCOc1c(/C(C)=C/C(=O)NC2=NCCS2)cc2c(-c3ccc(C)cc3C)coc2c1C. The van der Waals surface area contributed by atoms with Crippen molar-refractivity contribution < 1.29 is 13.9 Å². The molecule has 3 aromatic rings. The summed E-state index contributed by atoms with van der Waals surface area (Å²) in [7, 11) is 0. The van der Waals surface area contributed by atoms with Crippen LogP contribution in [0.5, 0.6) is 5.75 Å². The Morgan fingerprint density at radius 3 is 2.75 bits per heavy atom. The summed E-state index contributed by atoms with van der Waals surface area (Å²) in [6.07, 6.45) is 3.43. The van der Waals surface area contributed by atoms with Crippen molar-refractivity contribution in [3.05, 3.63) is 58.9 Å². The van der Waals surface area contributed by atoms with Crippen LogP contribution in [0, 0.1) is 20.8 Å². The second-order valence-corrected chi connectivity index (χ2v) is 9.09. The number of benzene rings is 2. The van der Waals surface area contributed by atoms with E-state index in [1.165, 1.54) is 11.1 Å². The number of allylic oxidation sites excluding steroid dienone is 1. The number of aliphatic imine (C=N–C) groups is 1. The van der Waals surface area contributed by atoms with E-state index in [0.717, 1.165) is 56.8 Å². The minimum absolute atomic E-state index is 0.183. The van der Waals surface area contributed by atoms with Crippen LogP contribution < -0.4 is 10.1 Å². The van der Waals surface area contributed by atoms with Gasteiger partial charge in [0.1, 0.15) is 11.3 Å². The van der Waals surface area contributed by atoms with E-state index >= 15 is 0 Å². The van der Waals surface area contributed by atoms with Crippen LogP contribution in [-0.2, 0) is 4.79 Å². The van der Waals surface area contributed by atoms with Crippen molar-refractivity contribution in [1.82, 2.24) is 5.32 Å². The van der Waals surface area contributed by atoms with Gasteiger partial charge in [0.15, 0.2) is 5.17 Å². The number of carbonyl (C=O) groups excluding carboxylic acids is 1. The third kappa shape index (κ3) is 4.32. The maximum atomic E-state index is 12.6. The van der Waals surface area contributed by atoms with Gasteiger partial charge in [-0.05, 0) is 57.4 Å². The molecule has 0 unspecified atom stereocenters. The lowest BCUT2D eigenvalue weighted by Crippen LogP contribution is -2.25. The lowest BCUT2D eigenvalue weighted by molar-refractivity contribution is -0.115. The van der Waals surface area contributed by atoms with Crippen LogP contribution in [-0.4, -0.2) is 30.0 Å². The fourth-order valence-corrected chi connectivity index (χ4v) is 4.82. The molecule has 0 bridgehead atoms. The van der Waals surface area contributed by atoms with E-state index < -0.39 is 0 Å². The Morgan fingerprint density at radius 2 is 2.06 bits per heavy atom. The summed E-state index contributed by atoms with van der Waals surface area (Å²) in [5.41, 5.74) is 8.05. The average molecular weight is 449 g/mol. The van der Waals surface area contributed by atoms with Crippen LogP contribution in [0.2, 0.25) is 0 Å². The molecule has 0 atom stereocenters. The average Bonchev–Trinajstić information content (AvgIpc) is 3.40. The van der Waals surface area contributed by atoms with Gasteiger partial charge in [-0.25, -0.2) is 0 Å². The molecule has 0 fully saturated rings. The molecule has 2 heterocycles. The number of aryl methyl sites for hydroxylation is 3. The van der Waals surface area contributed by atoms with Crippen molar-refractivity contribution in [2.24, 2.45) is 4.99 Å². The molecular formula is C26H28N2O3S. The van der Waals surface area contributed by atoms with Crippen LogP contribution >= 0.6 is 11.8 Å². The quantitative estimate of drug-likeness (QED) is 0.483. The highest BCUT2D eigenvalue weighted by atomic mass is 32.2. The summed E-state index contributed by atoms with van der Waals surface area (Å²) in [6.45, 7) is 11.4. The van der Waals surface area contributed by atoms with Gasteiger partial charge in [-0.1, -0.05) is 35.5 Å². The van der Waals surface area contributed by atoms with Crippen molar-refractivity contribution in [3.8, 4) is 16.9 Å². The highest BCUT2D eigenvalue weighted by molar-refractivity contribution is 8.14. The highest BCUT2D eigenvalue weighted by Crippen LogP contribution is 2.41. The largest absolute Gasteiger partial charge is 0.493 e. The first-order valence-corrected chi connectivity index (χ1v) is 11.8. The fourth-order valence-electron chi connectivity index (χ4n) is 4.09. The Labute approximate surface area is 192 Å². The topological polar surface area (TPSA) is 63.8 Å². The van der Waals surface area contributed by atoms with Crippen LogP contribution in [0.3, 0.4) is 0 Å². The predicted molar refractivity (Wildman–Crippen MR) is 134 cm³/mol. The number of furan rings is 1. The molecule has 0 saturated carbocycles. The van der Waals surface area contributed by atoms with Gasteiger partial charge in [-0.3, -0.25) is 9.79 Å². The second-order valence-electron chi connectivity index (χ2n) is 8.01. The number of amidine groups is 1. The molecule has 0 spiro atoms. The van der Waals surface area contributed by atoms with Crippen LogP contribution in [0.15, 0.2) is 46.0 Å². The van der Waals surface area contributed by atoms with E-state index in [1.807, 2.05) is 27.0 Å².